The van der Waals surface area contributed by atoms with E-state index in [-0.39, 0.29) is 19.3 Å². The Labute approximate surface area is 286 Å². The van der Waals surface area contributed by atoms with Gasteiger partial charge in [0.25, 0.3) is 0 Å². The summed E-state index contributed by atoms with van der Waals surface area (Å²) in [4.78, 5) is 58.9. The molecule has 0 aliphatic heterocycles. The third-order valence-electron chi connectivity index (χ3n) is 6.07. The number of carbonyl (C=O) groups excluding carboxylic acids is 4. The molecule has 0 radical (unpaired) electrons. The van der Waals surface area contributed by atoms with E-state index in [1.54, 1.807) is 74.4 Å². The zero-order valence-electron chi connectivity index (χ0n) is 29.3. The molecule has 0 saturated carbocycles. The van der Waals surface area contributed by atoms with Crippen molar-refractivity contribution >= 4 is 46.1 Å². The van der Waals surface area contributed by atoms with Crippen LogP contribution < -0.4 is 16.0 Å². The van der Waals surface area contributed by atoms with E-state index in [9.17, 15) is 19.2 Å². The molecule has 264 valence electrons. The second-order valence-electron chi connectivity index (χ2n) is 14.1. The molecule has 2 aromatic rings. The second-order valence-corrected chi connectivity index (χ2v) is 15.0. The van der Waals surface area contributed by atoms with E-state index in [4.69, 9.17) is 19.7 Å². The van der Waals surface area contributed by atoms with Crippen molar-refractivity contribution in [3.05, 3.63) is 40.1 Å². The highest BCUT2D eigenvalue weighted by Gasteiger charge is 2.31. The molecule has 2 amide bonds. The summed E-state index contributed by atoms with van der Waals surface area (Å²) in [6, 6.07) is 4.18. The van der Waals surface area contributed by atoms with Crippen LogP contribution in [-0.4, -0.2) is 64.4 Å². The number of rotatable bonds is 15. The number of amides is 2. The van der Waals surface area contributed by atoms with Crippen LogP contribution in [0.1, 0.15) is 94.4 Å². The maximum absolute atomic E-state index is 13.1. The van der Waals surface area contributed by atoms with E-state index in [0.717, 1.165) is 16.4 Å². The molecule has 14 nitrogen and oxygen atoms in total. The van der Waals surface area contributed by atoms with Gasteiger partial charge in [0.15, 0.2) is 5.13 Å². The monoisotopic (exact) mass is 687 g/mol. The molecule has 15 heteroatoms. The van der Waals surface area contributed by atoms with Crippen LogP contribution in [0, 0.1) is 0 Å². The number of azide groups is 1. The fraction of sp³-hybridized carbons (Fsp3) is 0.606. The molecule has 0 fully saturated rings. The number of nitrogens with one attached hydrogen (secondary N) is 3. The lowest BCUT2D eigenvalue weighted by Crippen LogP contribution is -2.53. The van der Waals surface area contributed by atoms with Gasteiger partial charge in [-0.05, 0) is 93.5 Å². The Bertz CT molecular complexity index is 1430. The number of ether oxygens (including phenoxy) is 3. The maximum atomic E-state index is 13.1. The molecule has 3 N–H and O–H groups in total. The number of nitrogens with zero attached hydrogens (tertiary/aromatic N) is 4. The molecular weight excluding hydrogens is 638 g/mol. The lowest BCUT2D eigenvalue weighted by molar-refractivity contribution is -0.159. The Morgan fingerprint density at radius 1 is 0.833 bits per heavy atom. The molecular formula is C33H49N7O7S. The highest BCUT2D eigenvalue weighted by atomic mass is 32.1. The Morgan fingerprint density at radius 2 is 1.38 bits per heavy atom. The molecule has 48 heavy (non-hydrogen) atoms. The zero-order valence-corrected chi connectivity index (χ0v) is 30.2. The quantitative estimate of drug-likeness (QED) is 0.0434. The van der Waals surface area contributed by atoms with Crippen molar-refractivity contribution in [3.8, 4) is 11.3 Å². The van der Waals surface area contributed by atoms with E-state index in [1.807, 2.05) is 17.5 Å². The number of unbranched alkanes of at least 4 members (excludes halogenated alkanes) is 1. The van der Waals surface area contributed by atoms with Crippen molar-refractivity contribution in [1.29, 1.82) is 0 Å². The van der Waals surface area contributed by atoms with Gasteiger partial charge >= 0.3 is 23.9 Å². The highest BCUT2D eigenvalue weighted by Crippen LogP contribution is 2.27. The van der Waals surface area contributed by atoms with Gasteiger partial charge in [0, 0.05) is 34.5 Å². The van der Waals surface area contributed by atoms with Gasteiger partial charge in [-0.2, -0.15) is 0 Å². The minimum atomic E-state index is -1.16. The van der Waals surface area contributed by atoms with Crippen molar-refractivity contribution in [2.24, 2.45) is 5.11 Å². The van der Waals surface area contributed by atoms with Crippen LogP contribution in [0.25, 0.3) is 21.7 Å². The fourth-order valence-corrected chi connectivity index (χ4v) is 4.91. The summed E-state index contributed by atoms with van der Waals surface area (Å²) >= 11 is 1.45. The van der Waals surface area contributed by atoms with Gasteiger partial charge in [0.05, 0.1) is 5.69 Å². The van der Waals surface area contributed by atoms with E-state index < -0.39 is 52.8 Å². The van der Waals surface area contributed by atoms with Gasteiger partial charge in [0.2, 0.25) is 0 Å². The highest BCUT2D eigenvalue weighted by molar-refractivity contribution is 7.14. The number of hydrogen-bond acceptors (Lipinski definition) is 11. The summed E-state index contributed by atoms with van der Waals surface area (Å²) in [5.41, 5.74) is 8.46. The molecule has 1 aromatic heterocycles. The third-order valence-corrected chi connectivity index (χ3v) is 6.87. The number of esters is 3. The lowest BCUT2D eigenvalue weighted by Gasteiger charge is -2.27. The summed E-state index contributed by atoms with van der Waals surface area (Å²) in [6.45, 7) is 16.1. The van der Waals surface area contributed by atoms with Crippen LogP contribution >= 0.6 is 11.3 Å². The first kappa shape index (κ1) is 39.8. The largest absolute Gasteiger partial charge is 0.460 e. The van der Waals surface area contributed by atoms with E-state index >= 15 is 0 Å². The standard InChI is InChI=1S/C33H49N7O7S/c1-31(2,3)45-26(41)18-17-24(28(43)47-33(7,8)9)37-29(44)36-23(27(42)46-32(4,5)6)12-10-11-19-35-30-38-25(20-48-30)21-13-15-22(16-14-21)39-40-34/h13-16,20,23-24H,10-12,17-19H2,1-9H3,(H,35,38)(H2,36,37,44)/t23-,24-/m0/s1. The first-order valence-corrected chi connectivity index (χ1v) is 16.7. The molecule has 2 rings (SSSR count). The molecule has 0 saturated heterocycles. The molecule has 1 heterocycles. The number of aromatic nitrogens is 1. The summed E-state index contributed by atoms with van der Waals surface area (Å²) in [5, 5.41) is 14.7. The van der Waals surface area contributed by atoms with Gasteiger partial charge in [-0.25, -0.2) is 19.4 Å². The molecule has 0 bridgehead atoms. The Hall–Kier alpha value is -4.36. The lowest BCUT2D eigenvalue weighted by atomic mass is 10.1. The Kier molecular flexibility index (Phi) is 14.7. The van der Waals surface area contributed by atoms with Crippen LogP contribution in [0.5, 0.6) is 0 Å². The smallest absolute Gasteiger partial charge is 0.329 e. The van der Waals surface area contributed by atoms with E-state index in [2.05, 4.69) is 31.0 Å². The van der Waals surface area contributed by atoms with Crippen molar-refractivity contribution in [1.82, 2.24) is 15.6 Å². The Morgan fingerprint density at radius 3 is 1.90 bits per heavy atom. The van der Waals surface area contributed by atoms with Crippen molar-refractivity contribution in [2.75, 3.05) is 11.9 Å². The molecule has 0 unspecified atom stereocenters. The first-order valence-electron chi connectivity index (χ1n) is 15.8. The van der Waals surface area contributed by atoms with Crippen molar-refractivity contribution < 1.29 is 33.4 Å². The van der Waals surface area contributed by atoms with Crippen LogP contribution in [0.15, 0.2) is 34.8 Å². The van der Waals surface area contributed by atoms with Gasteiger partial charge in [-0.3, -0.25) is 4.79 Å². The topological polar surface area (TPSA) is 194 Å². The predicted octanol–water partition coefficient (Wildman–Crippen LogP) is 7.18. The van der Waals surface area contributed by atoms with E-state index in [1.165, 1.54) is 11.3 Å². The van der Waals surface area contributed by atoms with Crippen molar-refractivity contribution in [2.45, 2.75) is 123 Å². The summed E-state index contributed by atoms with van der Waals surface area (Å²) in [6.07, 6.45) is 1.31. The number of anilines is 1. The van der Waals surface area contributed by atoms with Gasteiger partial charge in [-0.15, -0.1) is 11.3 Å². The average molecular weight is 688 g/mol. The number of hydrogen-bond donors (Lipinski definition) is 3. The van der Waals surface area contributed by atoms with Crippen LogP contribution in [0.3, 0.4) is 0 Å². The van der Waals surface area contributed by atoms with Crippen LogP contribution in [0.4, 0.5) is 15.6 Å². The molecule has 1 aromatic carbocycles. The summed E-state index contributed by atoms with van der Waals surface area (Å²) in [5.74, 6) is -1.84. The minimum absolute atomic E-state index is 0.0560. The summed E-state index contributed by atoms with van der Waals surface area (Å²) in [7, 11) is 0. The molecule has 0 spiro atoms. The SMILES string of the molecule is CC(C)(C)OC(=O)CC[C@H](NC(=O)N[C@@H](CCCCNc1nc(-c2ccc(N=[N+]=[N-])cc2)cs1)C(=O)OC(C)(C)C)C(=O)OC(C)(C)C. The Balaban J connectivity index is 2.00. The van der Waals surface area contributed by atoms with E-state index in [0.29, 0.717) is 25.1 Å². The zero-order chi connectivity index (χ0) is 36.1. The predicted molar refractivity (Wildman–Crippen MR) is 185 cm³/mol. The van der Waals surface area contributed by atoms with Gasteiger partial charge < -0.3 is 30.2 Å². The number of thiazole rings is 1. The van der Waals surface area contributed by atoms with Crippen LogP contribution in [-0.2, 0) is 28.6 Å². The fourth-order valence-electron chi connectivity index (χ4n) is 4.16. The molecule has 0 aliphatic carbocycles. The summed E-state index contributed by atoms with van der Waals surface area (Å²) < 4.78 is 16.4. The molecule has 0 aliphatic rings. The number of carbonyl (C=O) groups is 4. The van der Waals surface area contributed by atoms with Crippen molar-refractivity contribution in [3.63, 3.8) is 0 Å². The minimum Gasteiger partial charge on any atom is -0.460 e. The van der Waals surface area contributed by atoms with Gasteiger partial charge in [0.1, 0.15) is 28.9 Å². The number of benzene rings is 1. The normalized spacial score (nSPS) is 12.9. The van der Waals surface area contributed by atoms with Gasteiger partial charge in [-0.1, -0.05) is 29.4 Å². The third kappa shape index (κ3) is 16.0. The average Bonchev–Trinajstić information content (AvgIpc) is 3.41. The first-order chi connectivity index (χ1) is 22.2. The molecule has 2 atom stereocenters. The second kappa shape index (κ2) is 17.7. The maximum Gasteiger partial charge on any atom is 0.329 e. The van der Waals surface area contributed by atoms with Crippen LogP contribution in [0.2, 0.25) is 0 Å². The number of urea groups is 1.